The van der Waals surface area contributed by atoms with Crippen molar-refractivity contribution in [3.05, 3.63) is 199 Å². The van der Waals surface area contributed by atoms with Crippen LogP contribution in [-0.4, -0.2) is 49.8 Å². The molecular formula is C64H80N10. The summed E-state index contributed by atoms with van der Waals surface area (Å²) in [5, 5.41) is 3.65. The summed E-state index contributed by atoms with van der Waals surface area (Å²) in [5.74, 6) is 0.507. The summed E-state index contributed by atoms with van der Waals surface area (Å²) in [4.78, 5) is 40.7. The van der Waals surface area contributed by atoms with Crippen molar-refractivity contribution in [2.75, 3.05) is 0 Å². The quantitative estimate of drug-likeness (QED) is 0.171. The van der Waals surface area contributed by atoms with Crippen LogP contribution in [0.1, 0.15) is 157 Å². The predicted molar refractivity (Wildman–Crippen MR) is 311 cm³/mol. The standard InChI is InChI=1S/C13H15N.2C12H14N2.C11H14N2.C9H13N.C7H10N2/c1-13(2,3)11-8-9-14-12-7-5-4-6-10(11)12;1-12(2,3)10-4-7-14-11-5-6-13-8-9(10)11;1-12(2,3)9-6-8-13-10-5-4-7-14-11(9)10;1-11(2,3)9-5-7-13-10-8(9)4-6-12-10;1-9(2,3)8-4-6-10-7-5-8;1-6(2)7-3-4-8-5-9-7/h4-9H,1-3H3;2*4-8H,1-3H3;4-7H,1-3H3,(H,12,13);4-7H,1-3H3;3-6H,1-2H3. The molecule has 0 aliphatic heterocycles. The van der Waals surface area contributed by atoms with Crippen molar-refractivity contribution >= 4 is 43.9 Å². The number of hydrogen-bond acceptors (Lipinski definition) is 9. The van der Waals surface area contributed by atoms with E-state index in [1.807, 2.05) is 86.1 Å². The first-order valence-electron chi connectivity index (χ1n) is 25.6. The molecule has 0 aliphatic rings. The highest BCUT2D eigenvalue weighted by atomic mass is 14.8. The van der Waals surface area contributed by atoms with Crippen molar-refractivity contribution in [1.29, 1.82) is 0 Å². The van der Waals surface area contributed by atoms with Gasteiger partial charge in [0.25, 0.3) is 0 Å². The predicted octanol–water partition coefficient (Wildman–Crippen LogP) is 16.2. The van der Waals surface area contributed by atoms with Crippen molar-refractivity contribution in [2.45, 2.75) is 151 Å². The number of aromatic amines is 1. The average molecular weight is 989 g/mol. The van der Waals surface area contributed by atoms with E-state index in [2.05, 4.69) is 228 Å². The number of nitrogens with one attached hydrogen (secondary N) is 1. The molecule has 74 heavy (non-hydrogen) atoms. The maximum absolute atomic E-state index is 4.39. The third kappa shape index (κ3) is 16.6. The van der Waals surface area contributed by atoms with Crippen LogP contribution in [0.4, 0.5) is 0 Å². The molecular weight excluding hydrogens is 909 g/mol. The monoisotopic (exact) mass is 989 g/mol. The van der Waals surface area contributed by atoms with Gasteiger partial charge in [0.15, 0.2) is 0 Å². The minimum atomic E-state index is 0.121. The van der Waals surface area contributed by atoms with Gasteiger partial charge in [-0.25, -0.2) is 15.0 Å². The number of nitrogens with zero attached hydrogens (tertiary/aromatic N) is 9. The SMILES string of the molecule is CC(C)(C)c1ccnc2[nH]ccc12.CC(C)(C)c1ccnc2ccccc12.CC(C)(C)c1ccnc2cccnc12.CC(C)(C)c1ccnc2ccncc12.CC(C)(C)c1ccncc1.CC(C)c1ccncn1. The molecule has 9 heterocycles. The molecule has 10 nitrogen and oxygen atoms in total. The molecule has 0 saturated carbocycles. The molecule has 0 fully saturated rings. The highest BCUT2D eigenvalue weighted by molar-refractivity contribution is 5.83. The molecule has 0 atom stereocenters. The van der Waals surface area contributed by atoms with Crippen LogP contribution >= 0.6 is 0 Å². The fourth-order valence-electron chi connectivity index (χ4n) is 8.09. The van der Waals surface area contributed by atoms with Gasteiger partial charge in [0.05, 0.1) is 22.1 Å². The van der Waals surface area contributed by atoms with Crippen molar-refractivity contribution in [2.24, 2.45) is 0 Å². The number of benzene rings is 1. The first-order chi connectivity index (χ1) is 34.8. The van der Waals surface area contributed by atoms with Gasteiger partial charge in [0.1, 0.15) is 12.0 Å². The van der Waals surface area contributed by atoms with Gasteiger partial charge < -0.3 is 4.98 Å². The Morgan fingerprint density at radius 2 is 0.865 bits per heavy atom. The Balaban J connectivity index is 0.000000166. The molecule has 10 heteroatoms. The molecule has 1 N–H and O–H groups in total. The molecule has 10 rings (SSSR count). The van der Waals surface area contributed by atoms with Crippen molar-refractivity contribution in [3.63, 3.8) is 0 Å². The van der Waals surface area contributed by atoms with Gasteiger partial charge in [-0.2, -0.15) is 0 Å². The van der Waals surface area contributed by atoms with E-state index in [1.54, 1.807) is 18.7 Å². The fourth-order valence-corrected chi connectivity index (χ4v) is 8.09. The van der Waals surface area contributed by atoms with Gasteiger partial charge in [-0.05, 0) is 134 Å². The zero-order chi connectivity index (χ0) is 54.3. The van der Waals surface area contributed by atoms with Gasteiger partial charge in [0, 0.05) is 90.0 Å². The molecule has 0 saturated heterocycles. The number of pyridine rings is 7. The van der Waals surface area contributed by atoms with E-state index < -0.39 is 0 Å². The highest BCUT2D eigenvalue weighted by Gasteiger charge is 2.20. The van der Waals surface area contributed by atoms with E-state index in [-0.39, 0.29) is 27.1 Å². The number of H-pyrrole nitrogens is 1. The van der Waals surface area contributed by atoms with Crippen molar-refractivity contribution < 1.29 is 0 Å². The van der Waals surface area contributed by atoms with Crippen LogP contribution in [0.2, 0.25) is 0 Å². The van der Waals surface area contributed by atoms with E-state index in [0.29, 0.717) is 5.92 Å². The fraction of sp³-hybridized carbons (Fsp3) is 0.359. The first kappa shape index (κ1) is 57.6. The van der Waals surface area contributed by atoms with E-state index >= 15 is 0 Å². The third-order valence-electron chi connectivity index (χ3n) is 12.1. The molecule has 0 aliphatic carbocycles. The maximum Gasteiger partial charge on any atom is 0.137 e. The first-order valence-corrected chi connectivity index (χ1v) is 25.6. The van der Waals surface area contributed by atoms with Crippen LogP contribution in [0.5, 0.6) is 0 Å². The summed E-state index contributed by atoms with van der Waals surface area (Å²) in [6.45, 7) is 37.3. The van der Waals surface area contributed by atoms with Crippen LogP contribution < -0.4 is 0 Å². The normalized spacial score (nSPS) is 11.7. The molecule has 0 unspecified atom stereocenters. The maximum atomic E-state index is 4.39. The second-order valence-electron chi connectivity index (χ2n) is 23.7. The lowest BCUT2D eigenvalue weighted by Gasteiger charge is -2.20. The molecule has 10 aromatic rings. The number of rotatable bonds is 1. The Kier molecular flexibility index (Phi) is 19.5. The van der Waals surface area contributed by atoms with Gasteiger partial charge in [-0.15, -0.1) is 0 Å². The molecule has 386 valence electrons. The van der Waals surface area contributed by atoms with Crippen molar-refractivity contribution in [1.82, 2.24) is 49.8 Å². The second kappa shape index (κ2) is 25.1. The topological polar surface area (TPSA) is 132 Å². The van der Waals surface area contributed by atoms with E-state index in [1.165, 1.54) is 38.6 Å². The van der Waals surface area contributed by atoms with Gasteiger partial charge in [-0.3, -0.25) is 29.9 Å². The lowest BCUT2D eigenvalue weighted by Crippen LogP contribution is -2.12. The number of aromatic nitrogens is 10. The zero-order valence-electron chi connectivity index (χ0n) is 47.2. The third-order valence-corrected chi connectivity index (χ3v) is 12.1. The van der Waals surface area contributed by atoms with Crippen LogP contribution in [-0.2, 0) is 27.1 Å². The smallest absolute Gasteiger partial charge is 0.137 e. The molecule has 0 bridgehead atoms. The Labute approximate surface area is 441 Å². The number of hydrogen-bond donors (Lipinski definition) is 1. The molecule has 0 amide bonds. The summed E-state index contributed by atoms with van der Waals surface area (Å²) >= 11 is 0. The molecule has 1 aromatic carbocycles. The number of fused-ring (bicyclic) bond motifs is 4. The van der Waals surface area contributed by atoms with Gasteiger partial charge in [-0.1, -0.05) is 136 Å². The summed E-state index contributed by atoms with van der Waals surface area (Å²) in [6.07, 6.45) is 21.9. The van der Waals surface area contributed by atoms with Crippen LogP contribution in [0.25, 0.3) is 43.9 Å². The summed E-state index contributed by atoms with van der Waals surface area (Å²) < 4.78 is 0. The average Bonchev–Trinajstić information content (AvgIpc) is 3.86. The Morgan fingerprint density at radius 3 is 1.41 bits per heavy atom. The minimum absolute atomic E-state index is 0.121. The van der Waals surface area contributed by atoms with E-state index in [4.69, 9.17) is 0 Å². The second-order valence-corrected chi connectivity index (χ2v) is 23.7. The lowest BCUT2D eigenvalue weighted by molar-refractivity contribution is 0.589. The molecule has 0 spiro atoms. The highest BCUT2D eigenvalue weighted by Crippen LogP contribution is 2.31. The Morgan fingerprint density at radius 1 is 0.365 bits per heavy atom. The van der Waals surface area contributed by atoms with Crippen LogP contribution in [0, 0.1) is 0 Å². The zero-order valence-corrected chi connectivity index (χ0v) is 47.2. The Hall–Kier alpha value is -7.33. The molecule has 0 radical (unpaired) electrons. The summed E-state index contributed by atoms with van der Waals surface area (Å²) in [6, 6.07) is 30.6. The van der Waals surface area contributed by atoms with Crippen molar-refractivity contribution in [3.8, 4) is 0 Å². The number of para-hydroxylation sites is 1. The van der Waals surface area contributed by atoms with Crippen LogP contribution in [0.3, 0.4) is 0 Å². The van der Waals surface area contributed by atoms with Gasteiger partial charge in [0.2, 0.25) is 0 Å². The largest absolute Gasteiger partial charge is 0.346 e. The van der Waals surface area contributed by atoms with E-state index in [9.17, 15) is 0 Å². The summed E-state index contributed by atoms with van der Waals surface area (Å²) in [7, 11) is 0. The lowest BCUT2D eigenvalue weighted by atomic mass is 9.85. The van der Waals surface area contributed by atoms with Gasteiger partial charge >= 0.3 is 0 Å². The minimum Gasteiger partial charge on any atom is -0.346 e. The molecule has 9 aromatic heterocycles. The Bertz CT molecular complexity index is 3050. The van der Waals surface area contributed by atoms with Crippen LogP contribution in [0.15, 0.2) is 165 Å². The summed E-state index contributed by atoms with van der Waals surface area (Å²) in [5.41, 5.74) is 13.7. The van der Waals surface area contributed by atoms with E-state index in [0.717, 1.165) is 38.8 Å².